The third kappa shape index (κ3) is 6.63. The summed E-state index contributed by atoms with van der Waals surface area (Å²) >= 11 is 0. The Morgan fingerprint density at radius 1 is 1.10 bits per heavy atom. The SMILES string of the molecule is CN=C(NCCc1cccc(F)c1F)NC1CCN(C(C)c2ccccc2)CC1.I. The lowest BCUT2D eigenvalue weighted by molar-refractivity contribution is 0.158. The van der Waals surface area contributed by atoms with Gasteiger partial charge in [-0.25, -0.2) is 8.78 Å². The van der Waals surface area contributed by atoms with Crippen LogP contribution in [0.3, 0.4) is 0 Å². The molecule has 1 atom stereocenters. The number of rotatable bonds is 6. The molecule has 30 heavy (non-hydrogen) atoms. The van der Waals surface area contributed by atoms with Gasteiger partial charge in [-0.2, -0.15) is 0 Å². The first-order chi connectivity index (χ1) is 14.1. The molecule has 0 spiro atoms. The molecular formula is C23H31F2IN4. The van der Waals surface area contributed by atoms with Gasteiger partial charge in [0.05, 0.1) is 0 Å². The molecule has 1 saturated heterocycles. The Morgan fingerprint density at radius 3 is 2.47 bits per heavy atom. The van der Waals surface area contributed by atoms with E-state index in [1.54, 1.807) is 13.1 Å². The highest BCUT2D eigenvalue weighted by Crippen LogP contribution is 2.24. The maximum atomic E-state index is 13.8. The smallest absolute Gasteiger partial charge is 0.191 e. The third-order valence-electron chi connectivity index (χ3n) is 5.64. The van der Waals surface area contributed by atoms with Crippen molar-refractivity contribution in [2.75, 3.05) is 26.7 Å². The molecule has 1 aliphatic rings. The number of likely N-dealkylation sites (tertiary alicyclic amines) is 1. The number of aliphatic imine (C=N–C) groups is 1. The van der Waals surface area contributed by atoms with E-state index in [0.717, 1.165) is 32.0 Å². The standard InChI is InChI=1S/C23H30F2N4.HI/c1-17(18-7-4-3-5-8-18)29-15-12-20(13-16-29)28-23(26-2)27-14-11-19-9-6-10-21(24)22(19)25;/h3-10,17,20H,11-16H2,1-2H3,(H2,26,27,28);1H. The van der Waals surface area contributed by atoms with Crippen LogP contribution in [0, 0.1) is 11.6 Å². The predicted octanol–water partition coefficient (Wildman–Crippen LogP) is 4.52. The largest absolute Gasteiger partial charge is 0.356 e. The van der Waals surface area contributed by atoms with Gasteiger partial charge < -0.3 is 10.6 Å². The van der Waals surface area contributed by atoms with E-state index in [4.69, 9.17) is 0 Å². The number of nitrogens with one attached hydrogen (secondary N) is 2. The van der Waals surface area contributed by atoms with E-state index in [0.29, 0.717) is 36.6 Å². The van der Waals surface area contributed by atoms with E-state index < -0.39 is 11.6 Å². The van der Waals surface area contributed by atoms with Crippen LogP contribution in [0.1, 0.15) is 36.9 Å². The van der Waals surface area contributed by atoms with Crippen LogP contribution in [-0.2, 0) is 6.42 Å². The summed E-state index contributed by atoms with van der Waals surface area (Å²) in [6.45, 7) is 4.80. The fourth-order valence-electron chi connectivity index (χ4n) is 3.82. The van der Waals surface area contributed by atoms with Crippen molar-refractivity contribution >= 4 is 29.9 Å². The summed E-state index contributed by atoms with van der Waals surface area (Å²) in [6, 6.07) is 15.6. The number of benzene rings is 2. The predicted molar refractivity (Wildman–Crippen MR) is 129 cm³/mol. The second-order valence-corrected chi connectivity index (χ2v) is 7.50. The number of guanidine groups is 1. The molecule has 1 aliphatic heterocycles. The second-order valence-electron chi connectivity index (χ2n) is 7.50. The maximum absolute atomic E-state index is 13.8. The minimum atomic E-state index is -0.804. The maximum Gasteiger partial charge on any atom is 0.191 e. The Labute approximate surface area is 195 Å². The molecule has 2 aromatic carbocycles. The highest BCUT2D eigenvalue weighted by molar-refractivity contribution is 14.0. The molecule has 0 bridgehead atoms. The fraction of sp³-hybridized carbons (Fsp3) is 0.435. The van der Waals surface area contributed by atoms with Gasteiger partial charge in [0, 0.05) is 38.8 Å². The van der Waals surface area contributed by atoms with Crippen LogP contribution < -0.4 is 10.6 Å². The number of piperidine rings is 1. The molecule has 0 saturated carbocycles. The zero-order chi connectivity index (χ0) is 20.6. The molecule has 4 nitrogen and oxygen atoms in total. The van der Waals surface area contributed by atoms with E-state index in [2.05, 4.69) is 51.7 Å². The van der Waals surface area contributed by atoms with E-state index in [-0.39, 0.29) is 24.0 Å². The second kappa shape index (κ2) is 12.2. The fourth-order valence-corrected chi connectivity index (χ4v) is 3.82. The van der Waals surface area contributed by atoms with Crippen LogP contribution in [0.5, 0.6) is 0 Å². The molecule has 1 unspecified atom stereocenters. The van der Waals surface area contributed by atoms with Gasteiger partial charge in [-0.1, -0.05) is 42.5 Å². The first-order valence-electron chi connectivity index (χ1n) is 10.3. The van der Waals surface area contributed by atoms with Crippen molar-refractivity contribution in [1.29, 1.82) is 0 Å². The van der Waals surface area contributed by atoms with Crippen molar-refractivity contribution in [1.82, 2.24) is 15.5 Å². The highest BCUT2D eigenvalue weighted by atomic mass is 127. The molecular weight excluding hydrogens is 497 g/mol. The summed E-state index contributed by atoms with van der Waals surface area (Å²) in [5, 5.41) is 6.67. The summed E-state index contributed by atoms with van der Waals surface area (Å²) < 4.78 is 27.1. The molecule has 2 aromatic rings. The molecule has 1 heterocycles. The Balaban J connectivity index is 0.00000320. The van der Waals surface area contributed by atoms with E-state index >= 15 is 0 Å². The minimum absolute atomic E-state index is 0. The van der Waals surface area contributed by atoms with Crippen LogP contribution >= 0.6 is 24.0 Å². The van der Waals surface area contributed by atoms with Gasteiger partial charge >= 0.3 is 0 Å². The minimum Gasteiger partial charge on any atom is -0.356 e. The molecule has 1 fully saturated rings. The van der Waals surface area contributed by atoms with Gasteiger partial charge in [0.1, 0.15) is 0 Å². The Kier molecular flexibility index (Phi) is 9.97. The number of nitrogens with zero attached hydrogens (tertiary/aromatic N) is 2. The van der Waals surface area contributed by atoms with Crippen LogP contribution in [0.4, 0.5) is 8.78 Å². The molecule has 0 aromatic heterocycles. The molecule has 0 amide bonds. The lowest BCUT2D eigenvalue weighted by Gasteiger charge is -2.37. The van der Waals surface area contributed by atoms with Gasteiger partial charge in [-0.3, -0.25) is 9.89 Å². The average molecular weight is 528 g/mol. The van der Waals surface area contributed by atoms with Crippen molar-refractivity contribution in [3.8, 4) is 0 Å². The van der Waals surface area contributed by atoms with Gasteiger partial charge in [0.25, 0.3) is 0 Å². The normalized spacial score (nSPS) is 16.6. The summed E-state index contributed by atoms with van der Waals surface area (Å²) in [7, 11) is 1.73. The molecule has 0 aliphatic carbocycles. The summed E-state index contributed by atoms with van der Waals surface area (Å²) in [5.41, 5.74) is 1.72. The summed E-state index contributed by atoms with van der Waals surface area (Å²) in [5.74, 6) is -0.866. The van der Waals surface area contributed by atoms with Crippen molar-refractivity contribution in [2.45, 2.75) is 38.3 Å². The highest BCUT2D eigenvalue weighted by Gasteiger charge is 2.24. The lowest BCUT2D eigenvalue weighted by Crippen LogP contribution is -2.49. The van der Waals surface area contributed by atoms with Crippen molar-refractivity contribution in [3.63, 3.8) is 0 Å². The number of halogens is 3. The molecule has 2 N–H and O–H groups in total. The van der Waals surface area contributed by atoms with E-state index in [1.807, 2.05) is 6.07 Å². The van der Waals surface area contributed by atoms with Crippen LogP contribution in [0.25, 0.3) is 0 Å². The summed E-state index contributed by atoms with van der Waals surface area (Å²) in [6.07, 6.45) is 2.48. The van der Waals surface area contributed by atoms with E-state index in [1.165, 1.54) is 11.6 Å². The van der Waals surface area contributed by atoms with Gasteiger partial charge in [-0.15, -0.1) is 24.0 Å². The van der Waals surface area contributed by atoms with Crippen molar-refractivity contribution < 1.29 is 8.78 Å². The van der Waals surface area contributed by atoms with Gasteiger partial charge in [0.15, 0.2) is 17.6 Å². The Bertz CT molecular complexity index is 808. The quantitative estimate of drug-likeness (QED) is 0.329. The van der Waals surface area contributed by atoms with Crippen LogP contribution in [-0.4, -0.2) is 43.6 Å². The number of hydrogen-bond donors (Lipinski definition) is 2. The monoisotopic (exact) mass is 528 g/mol. The third-order valence-corrected chi connectivity index (χ3v) is 5.64. The van der Waals surface area contributed by atoms with Crippen molar-refractivity contribution in [3.05, 3.63) is 71.3 Å². The zero-order valence-corrected chi connectivity index (χ0v) is 19.9. The van der Waals surface area contributed by atoms with E-state index in [9.17, 15) is 8.78 Å². The zero-order valence-electron chi connectivity index (χ0n) is 17.6. The lowest BCUT2D eigenvalue weighted by atomic mass is 10.0. The first kappa shape index (κ1) is 24.5. The molecule has 3 rings (SSSR count). The molecule has 0 radical (unpaired) electrons. The Morgan fingerprint density at radius 2 is 1.80 bits per heavy atom. The van der Waals surface area contributed by atoms with Gasteiger partial charge in [0.2, 0.25) is 0 Å². The summed E-state index contributed by atoms with van der Waals surface area (Å²) in [4.78, 5) is 6.78. The van der Waals surface area contributed by atoms with Crippen LogP contribution in [0.2, 0.25) is 0 Å². The van der Waals surface area contributed by atoms with Gasteiger partial charge in [-0.05, 0) is 43.4 Å². The molecule has 164 valence electrons. The molecule has 7 heteroatoms. The first-order valence-corrected chi connectivity index (χ1v) is 10.3. The Hall–Kier alpha value is -1.74. The number of hydrogen-bond acceptors (Lipinski definition) is 2. The van der Waals surface area contributed by atoms with Crippen molar-refractivity contribution in [2.24, 2.45) is 4.99 Å². The van der Waals surface area contributed by atoms with Crippen LogP contribution in [0.15, 0.2) is 53.5 Å². The average Bonchev–Trinajstić information content (AvgIpc) is 2.76. The topological polar surface area (TPSA) is 39.7 Å².